The van der Waals surface area contributed by atoms with Crippen molar-refractivity contribution in [3.8, 4) is 0 Å². The Kier molecular flexibility index (Phi) is 5.69. The van der Waals surface area contributed by atoms with Crippen LogP contribution in [0.2, 0.25) is 0 Å². The number of carbonyl (C=O) groups is 2. The van der Waals surface area contributed by atoms with Gasteiger partial charge in [0.2, 0.25) is 0 Å². The van der Waals surface area contributed by atoms with Gasteiger partial charge in [0, 0.05) is 0 Å². The number of hydrogen-bond donors (Lipinski definition) is 1. The van der Waals surface area contributed by atoms with Gasteiger partial charge in [0.25, 0.3) is 0 Å². The van der Waals surface area contributed by atoms with E-state index in [-0.39, 0.29) is 17.7 Å². The van der Waals surface area contributed by atoms with E-state index in [1.54, 1.807) is 6.92 Å². The molecule has 17 heavy (non-hydrogen) atoms. The van der Waals surface area contributed by atoms with Gasteiger partial charge in [0.05, 0.1) is 11.4 Å². The smallest absolute Gasteiger partial charge is 0.408 e. The molecule has 0 aromatic heterocycles. The van der Waals surface area contributed by atoms with E-state index in [9.17, 15) is 9.59 Å². The second-order valence-electron chi connectivity index (χ2n) is 3.53. The highest BCUT2D eigenvalue weighted by Crippen LogP contribution is 2.01. The summed E-state index contributed by atoms with van der Waals surface area (Å²) in [7, 11) is 0. The summed E-state index contributed by atoms with van der Waals surface area (Å²) < 4.78 is 4.98. The lowest BCUT2D eigenvalue weighted by Gasteiger charge is -2.11. The van der Waals surface area contributed by atoms with Gasteiger partial charge in [0.15, 0.2) is 5.78 Å². The number of amides is 1. The lowest BCUT2D eigenvalue weighted by molar-refractivity contribution is -0.118. The SMILES string of the molecule is CC(NC(=O)OCc1ccccc1)C(=O)CBr. The van der Waals surface area contributed by atoms with Gasteiger partial charge in [-0.2, -0.15) is 0 Å². The molecule has 0 aliphatic carbocycles. The number of alkyl carbamates (subject to hydrolysis) is 1. The Hall–Kier alpha value is -1.36. The van der Waals surface area contributed by atoms with E-state index in [1.165, 1.54) is 0 Å². The highest BCUT2D eigenvalue weighted by atomic mass is 79.9. The van der Waals surface area contributed by atoms with E-state index in [2.05, 4.69) is 21.2 Å². The zero-order valence-corrected chi connectivity index (χ0v) is 11.1. The van der Waals surface area contributed by atoms with E-state index in [4.69, 9.17) is 4.74 Å². The number of Topliss-reactive ketones (excluding diaryl/α,β-unsaturated/α-hetero) is 1. The van der Waals surface area contributed by atoms with Gasteiger partial charge < -0.3 is 10.1 Å². The highest BCUT2D eigenvalue weighted by Gasteiger charge is 2.14. The van der Waals surface area contributed by atoms with Crippen molar-refractivity contribution in [1.82, 2.24) is 5.32 Å². The highest BCUT2D eigenvalue weighted by molar-refractivity contribution is 9.09. The Bertz CT molecular complexity index is 381. The number of rotatable bonds is 5. The molecule has 0 spiro atoms. The predicted octanol–water partition coefficient (Wildman–Crippen LogP) is 2.27. The Morgan fingerprint density at radius 1 is 1.35 bits per heavy atom. The largest absolute Gasteiger partial charge is 0.445 e. The van der Waals surface area contributed by atoms with Crippen LogP contribution in [0.5, 0.6) is 0 Å². The third kappa shape index (κ3) is 4.99. The van der Waals surface area contributed by atoms with Gasteiger partial charge in [0.1, 0.15) is 6.61 Å². The van der Waals surface area contributed by atoms with Crippen molar-refractivity contribution in [2.45, 2.75) is 19.6 Å². The van der Waals surface area contributed by atoms with E-state index in [1.807, 2.05) is 30.3 Å². The second-order valence-corrected chi connectivity index (χ2v) is 4.09. The molecule has 0 aliphatic rings. The molecule has 1 atom stereocenters. The molecule has 1 amide bonds. The van der Waals surface area contributed by atoms with E-state index >= 15 is 0 Å². The number of nitrogens with one attached hydrogen (secondary N) is 1. The summed E-state index contributed by atoms with van der Waals surface area (Å²) in [5.41, 5.74) is 0.905. The molecule has 0 aliphatic heterocycles. The Morgan fingerprint density at radius 3 is 2.59 bits per heavy atom. The van der Waals surface area contributed by atoms with Crippen molar-refractivity contribution in [2.75, 3.05) is 5.33 Å². The lowest BCUT2D eigenvalue weighted by atomic mass is 10.2. The summed E-state index contributed by atoms with van der Waals surface area (Å²) in [6, 6.07) is 8.81. The van der Waals surface area contributed by atoms with Gasteiger partial charge >= 0.3 is 6.09 Å². The van der Waals surface area contributed by atoms with Crippen molar-refractivity contribution in [1.29, 1.82) is 0 Å². The maximum atomic E-state index is 11.3. The van der Waals surface area contributed by atoms with Crippen LogP contribution in [-0.2, 0) is 16.1 Å². The van der Waals surface area contributed by atoms with Crippen LogP contribution >= 0.6 is 15.9 Å². The minimum atomic E-state index is -0.587. The van der Waals surface area contributed by atoms with Crippen molar-refractivity contribution < 1.29 is 14.3 Å². The van der Waals surface area contributed by atoms with Gasteiger partial charge in [-0.15, -0.1) is 0 Å². The Labute approximate surface area is 108 Å². The first-order valence-corrected chi connectivity index (χ1v) is 6.31. The fraction of sp³-hybridized carbons (Fsp3) is 0.333. The lowest BCUT2D eigenvalue weighted by Crippen LogP contribution is -2.39. The van der Waals surface area contributed by atoms with E-state index in [0.29, 0.717) is 0 Å². The number of carbonyl (C=O) groups excluding carboxylic acids is 2. The zero-order valence-electron chi connectivity index (χ0n) is 9.48. The monoisotopic (exact) mass is 299 g/mol. The molecule has 4 nitrogen and oxygen atoms in total. The molecular formula is C12H14BrNO3. The summed E-state index contributed by atoms with van der Waals surface area (Å²) in [5.74, 6) is -0.0957. The van der Waals surface area contributed by atoms with E-state index in [0.717, 1.165) is 5.56 Å². The standard InChI is InChI=1S/C12H14BrNO3/c1-9(11(15)7-13)14-12(16)17-8-10-5-3-2-4-6-10/h2-6,9H,7-8H2,1H3,(H,14,16). The summed E-state index contributed by atoms with van der Waals surface area (Å²) in [6.07, 6.45) is -0.587. The average molecular weight is 300 g/mol. The quantitative estimate of drug-likeness (QED) is 0.849. The van der Waals surface area contributed by atoms with Gasteiger partial charge in [-0.05, 0) is 12.5 Å². The van der Waals surface area contributed by atoms with Gasteiger partial charge in [-0.25, -0.2) is 4.79 Å². The zero-order chi connectivity index (χ0) is 12.7. The third-order valence-electron chi connectivity index (χ3n) is 2.16. The van der Waals surface area contributed by atoms with Crippen LogP contribution in [0.1, 0.15) is 12.5 Å². The molecule has 1 unspecified atom stereocenters. The Balaban J connectivity index is 2.33. The minimum Gasteiger partial charge on any atom is -0.445 e. The topological polar surface area (TPSA) is 55.4 Å². The maximum Gasteiger partial charge on any atom is 0.408 e. The molecule has 0 saturated heterocycles. The van der Waals surface area contributed by atoms with Crippen molar-refractivity contribution in [2.24, 2.45) is 0 Å². The summed E-state index contributed by atoms with van der Waals surface area (Å²) in [6.45, 7) is 1.81. The van der Waals surface area contributed by atoms with Crippen LogP contribution in [0.25, 0.3) is 0 Å². The van der Waals surface area contributed by atoms with Gasteiger partial charge in [-0.3, -0.25) is 4.79 Å². The third-order valence-corrected chi connectivity index (χ3v) is 2.71. The van der Waals surface area contributed by atoms with Gasteiger partial charge in [-0.1, -0.05) is 46.3 Å². The Morgan fingerprint density at radius 2 is 2.00 bits per heavy atom. The van der Waals surface area contributed by atoms with Crippen LogP contribution in [-0.4, -0.2) is 23.2 Å². The normalized spacial score (nSPS) is 11.6. The second kappa shape index (κ2) is 7.06. The van der Waals surface area contributed by atoms with Crippen LogP contribution in [0.15, 0.2) is 30.3 Å². The fourth-order valence-electron chi connectivity index (χ4n) is 1.14. The first-order valence-electron chi connectivity index (χ1n) is 5.19. The van der Waals surface area contributed by atoms with Crippen LogP contribution in [0.4, 0.5) is 4.79 Å². The average Bonchev–Trinajstić information content (AvgIpc) is 2.36. The minimum absolute atomic E-state index is 0.0957. The number of benzene rings is 1. The number of ether oxygens (including phenoxy) is 1. The molecule has 0 heterocycles. The molecule has 0 radical (unpaired) electrons. The van der Waals surface area contributed by atoms with E-state index < -0.39 is 12.1 Å². The molecule has 1 aromatic rings. The van der Waals surface area contributed by atoms with Crippen LogP contribution < -0.4 is 5.32 Å². The molecule has 0 fully saturated rings. The van der Waals surface area contributed by atoms with Crippen molar-refractivity contribution >= 4 is 27.8 Å². The summed E-state index contributed by atoms with van der Waals surface area (Å²) in [4.78, 5) is 22.6. The maximum absolute atomic E-state index is 11.3. The van der Waals surface area contributed by atoms with Crippen molar-refractivity contribution in [3.63, 3.8) is 0 Å². The fourth-order valence-corrected chi connectivity index (χ4v) is 1.62. The number of hydrogen-bond acceptors (Lipinski definition) is 3. The number of halogens is 1. The summed E-state index contributed by atoms with van der Waals surface area (Å²) >= 11 is 3.04. The molecule has 5 heteroatoms. The molecule has 0 saturated carbocycles. The first kappa shape index (κ1) is 13.7. The molecule has 0 bridgehead atoms. The molecule has 1 N–H and O–H groups in total. The summed E-state index contributed by atoms with van der Waals surface area (Å²) in [5, 5.41) is 2.68. The van der Waals surface area contributed by atoms with Crippen molar-refractivity contribution in [3.05, 3.63) is 35.9 Å². The first-order chi connectivity index (χ1) is 8.13. The molecule has 1 aromatic carbocycles. The number of ketones is 1. The van der Waals surface area contributed by atoms with Crippen LogP contribution in [0.3, 0.4) is 0 Å². The number of alkyl halides is 1. The predicted molar refractivity (Wildman–Crippen MR) is 68.0 cm³/mol. The molecule has 92 valence electrons. The molecule has 1 rings (SSSR count). The van der Waals surface area contributed by atoms with Crippen LogP contribution in [0, 0.1) is 0 Å². The molecular weight excluding hydrogens is 286 g/mol.